The Morgan fingerprint density at radius 2 is 1.79 bits per heavy atom. The minimum absolute atomic E-state index is 0.300. The van der Waals surface area contributed by atoms with Gasteiger partial charge in [-0.15, -0.1) is 0 Å². The van der Waals surface area contributed by atoms with Crippen LogP contribution in [0, 0.1) is 29.1 Å². The van der Waals surface area contributed by atoms with E-state index >= 15 is 0 Å². The second-order valence-electron chi connectivity index (χ2n) is 6.71. The SMILES string of the molecule is CCCC1CCC(C#N)C(N2CCC(CCC)C2)C1. The molecular weight excluding hydrogens is 232 g/mol. The summed E-state index contributed by atoms with van der Waals surface area (Å²) in [6.45, 7) is 7.08. The van der Waals surface area contributed by atoms with Crippen LogP contribution in [0.3, 0.4) is 0 Å². The summed E-state index contributed by atoms with van der Waals surface area (Å²) >= 11 is 0. The van der Waals surface area contributed by atoms with Crippen LogP contribution in [0.25, 0.3) is 0 Å². The second kappa shape index (κ2) is 7.29. The Balaban J connectivity index is 1.93. The third-order valence-electron chi connectivity index (χ3n) is 5.27. The highest BCUT2D eigenvalue weighted by Gasteiger charge is 2.37. The van der Waals surface area contributed by atoms with E-state index in [2.05, 4.69) is 24.8 Å². The van der Waals surface area contributed by atoms with Crippen LogP contribution in [-0.4, -0.2) is 24.0 Å². The topological polar surface area (TPSA) is 27.0 Å². The molecule has 0 N–H and O–H groups in total. The van der Waals surface area contributed by atoms with E-state index in [1.54, 1.807) is 0 Å². The third-order valence-corrected chi connectivity index (χ3v) is 5.27. The van der Waals surface area contributed by atoms with Gasteiger partial charge in [-0.25, -0.2) is 0 Å². The van der Waals surface area contributed by atoms with Crippen molar-refractivity contribution in [1.82, 2.24) is 4.90 Å². The molecule has 2 rings (SSSR count). The predicted octanol–water partition coefficient (Wildman–Crippen LogP) is 4.22. The summed E-state index contributed by atoms with van der Waals surface area (Å²) in [5.41, 5.74) is 0. The van der Waals surface area contributed by atoms with Gasteiger partial charge in [0, 0.05) is 12.6 Å². The minimum Gasteiger partial charge on any atom is -0.299 e. The van der Waals surface area contributed by atoms with Gasteiger partial charge in [0.05, 0.1) is 12.0 Å². The van der Waals surface area contributed by atoms with Crippen molar-refractivity contribution in [1.29, 1.82) is 5.26 Å². The van der Waals surface area contributed by atoms with Crippen molar-refractivity contribution in [2.45, 2.75) is 71.3 Å². The number of nitrogens with zero attached hydrogens (tertiary/aromatic N) is 2. The molecule has 2 aliphatic rings. The molecule has 0 amide bonds. The first kappa shape index (κ1) is 14.9. The molecule has 1 aliphatic carbocycles. The molecule has 0 radical (unpaired) electrons. The van der Waals surface area contributed by atoms with E-state index in [0.717, 1.165) is 18.3 Å². The smallest absolute Gasteiger partial charge is 0.0672 e. The number of rotatable bonds is 5. The van der Waals surface area contributed by atoms with Gasteiger partial charge in [0.1, 0.15) is 0 Å². The first-order valence-corrected chi connectivity index (χ1v) is 8.42. The average molecular weight is 262 g/mol. The van der Waals surface area contributed by atoms with Crippen molar-refractivity contribution in [3.63, 3.8) is 0 Å². The third kappa shape index (κ3) is 3.72. The number of nitriles is 1. The molecule has 19 heavy (non-hydrogen) atoms. The van der Waals surface area contributed by atoms with E-state index in [9.17, 15) is 5.26 Å². The predicted molar refractivity (Wildman–Crippen MR) is 79.7 cm³/mol. The monoisotopic (exact) mass is 262 g/mol. The molecular formula is C17H30N2. The normalized spacial score (nSPS) is 36.3. The first-order chi connectivity index (χ1) is 9.28. The molecule has 1 saturated heterocycles. The zero-order chi connectivity index (χ0) is 13.7. The van der Waals surface area contributed by atoms with E-state index in [4.69, 9.17) is 0 Å². The lowest BCUT2D eigenvalue weighted by molar-refractivity contribution is 0.116. The van der Waals surface area contributed by atoms with Crippen molar-refractivity contribution in [2.24, 2.45) is 17.8 Å². The quantitative estimate of drug-likeness (QED) is 0.742. The number of likely N-dealkylation sites (tertiary alicyclic amines) is 1. The fourth-order valence-electron chi connectivity index (χ4n) is 4.26. The summed E-state index contributed by atoms with van der Waals surface area (Å²) in [6, 6.07) is 3.17. The molecule has 4 unspecified atom stereocenters. The van der Waals surface area contributed by atoms with Gasteiger partial charge < -0.3 is 0 Å². The molecule has 0 aromatic heterocycles. The maximum Gasteiger partial charge on any atom is 0.0672 e. The maximum atomic E-state index is 9.43. The second-order valence-corrected chi connectivity index (χ2v) is 6.71. The van der Waals surface area contributed by atoms with Crippen molar-refractivity contribution < 1.29 is 0 Å². The Bertz CT molecular complexity index is 307. The Morgan fingerprint density at radius 1 is 1.05 bits per heavy atom. The van der Waals surface area contributed by atoms with Crippen molar-refractivity contribution in [3.8, 4) is 6.07 Å². The van der Waals surface area contributed by atoms with Crippen molar-refractivity contribution in [3.05, 3.63) is 0 Å². The van der Waals surface area contributed by atoms with Crippen LogP contribution in [0.4, 0.5) is 0 Å². The Morgan fingerprint density at radius 3 is 2.47 bits per heavy atom. The van der Waals surface area contributed by atoms with Crippen LogP contribution < -0.4 is 0 Å². The molecule has 108 valence electrons. The molecule has 0 spiro atoms. The molecule has 0 bridgehead atoms. The number of hydrogen-bond acceptors (Lipinski definition) is 2. The van der Waals surface area contributed by atoms with Gasteiger partial charge in [-0.1, -0.05) is 33.1 Å². The molecule has 1 heterocycles. The van der Waals surface area contributed by atoms with Gasteiger partial charge >= 0.3 is 0 Å². The van der Waals surface area contributed by atoms with Gasteiger partial charge in [-0.3, -0.25) is 4.90 Å². The highest BCUT2D eigenvalue weighted by molar-refractivity contribution is 4.99. The lowest BCUT2D eigenvalue weighted by atomic mass is 9.76. The van der Waals surface area contributed by atoms with Crippen LogP contribution in [-0.2, 0) is 0 Å². The summed E-state index contributed by atoms with van der Waals surface area (Å²) in [6.07, 6.45) is 10.4. The van der Waals surface area contributed by atoms with E-state index in [0.29, 0.717) is 12.0 Å². The summed E-state index contributed by atoms with van der Waals surface area (Å²) in [5.74, 6) is 2.08. The van der Waals surface area contributed by atoms with Gasteiger partial charge in [0.2, 0.25) is 0 Å². The molecule has 1 saturated carbocycles. The molecule has 2 nitrogen and oxygen atoms in total. The van der Waals surface area contributed by atoms with Crippen LogP contribution in [0.15, 0.2) is 0 Å². The summed E-state index contributed by atoms with van der Waals surface area (Å²) in [4.78, 5) is 2.66. The highest BCUT2D eigenvalue weighted by atomic mass is 15.2. The fraction of sp³-hybridized carbons (Fsp3) is 0.941. The van der Waals surface area contributed by atoms with Crippen LogP contribution in [0.2, 0.25) is 0 Å². The first-order valence-electron chi connectivity index (χ1n) is 8.42. The average Bonchev–Trinajstić information content (AvgIpc) is 2.88. The van der Waals surface area contributed by atoms with E-state index in [-0.39, 0.29) is 0 Å². The maximum absolute atomic E-state index is 9.43. The van der Waals surface area contributed by atoms with Crippen molar-refractivity contribution >= 4 is 0 Å². The highest BCUT2D eigenvalue weighted by Crippen LogP contribution is 2.37. The lowest BCUT2D eigenvalue weighted by Crippen LogP contribution is -2.43. The Labute approximate surface area is 119 Å². The summed E-state index contributed by atoms with van der Waals surface area (Å²) in [5, 5.41) is 9.43. The van der Waals surface area contributed by atoms with E-state index in [1.165, 1.54) is 58.0 Å². The van der Waals surface area contributed by atoms with Gasteiger partial charge in [0.25, 0.3) is 0 Å². The fourth-order valence-corrected chi connectivity index (χ4v) is 4.26. The molecule has 2 heteroatoms. The number of hydrogen-bond donors (Lipinski definition) is 0. The lowest BCUT2D eigenvalue weighted by Gasteiger charge is -2.38. The van der Waals surface area contributed by atoms with Crippen LogP contribution >= 0.6 is 0 Å². The van der Waals surface area contributed by atoms with Gasteiger partial charge in [-0.2, -0.15) is 5.26 Å². The van der Waals surface area contributed by atoms with E-state index in [1.807, 2.05) is 0 Å². The molecule has 0 aromatic rings. The largest absolute Gasteiger partial charge is 0.299 e. The van der Waals surface area contributed by atoms with Crippen LogP contribution in [0.5, 0.6) is 0 Å². The molecule has 1 aliphatic heterocycles. The standard InChI is InChI=1S/C17H30N2/c1-3-5-14-7-8-16(12-18)17(11-14)19-10-9-15(13-19)6-4-2/h14-17H,3-11,13H2,1-2H3. The zero-order valence-electron chi connectivity index (χ0n) is 12.8. The molecule has 4 atom stereocenters. The van der Waals surface area contributed by atoms with Crippen LogP contribution in [0.1, 0.15) is 65.2 Å². The Kier molecular flexibility index (Phi) is 5.70. The van der Waals surface area contributed by atoms with E-state index < -0.39 is 0 Å². The molecule has 2 fully saturated rings. The summed E-state index contributed by atoms with van der Waals surface area (Å²) in [7, 11) is 0. The zero-order valence-corrected chi connectivity index (χ0v) is 12.8. The summed E-state index contributed by atoms with van der Waals surface area (Å²) < 4.78 is 0. The minimum atomic E-state index is 0.300. The van der Waals surface area contributed by atoms with Gasteiger partial charge in [-0.05, 0) is 50.5 Å². The van der Waals surface area contributed by atoms with Crippen molar-refractivity contribution in [2.75, 3.05) is 13.1 Å². The molecule has 0 aromatic carbocycles. The van der Waals surface area contributed by atoms with Gasteiger partial charge in [0.15, 0.2) is 0 Å². The Hall–Kier alpha value is -0.550.